The van der Waals surface area contributed by atoms with Crippen LogP contribution in [0, 0.1) is 0 Å². The zero-order chi connectivity index (χ0) is 23.4. The second-order valence-electron chi connectivity index (χ2n) is 7.53. The lowest BCUT2D eigenvalue weighted by Gasteiger charge is -2.17. The van der Waals surface area contributed by atoms with Crippen LogP contribution in [0.1, 0.15) is 18.5 Å². The molecule has 0 saturated heterocycles. The number of hydrogen-bond donors (Lipinski definition) is 1. The maximum absolute atomic E-state index is 12.9. The van der Waals surface area contributed by atoms with Gasteiger partial charge in [-0.2, -0.15) is 0 Å². The van der Waals surface area contributed by atoms with E-state index in [9.17, 15) is 14.4 Å². The van der Waals surface area contributed by atoms with E-state index in [0.29, 0.717) is 10.9 Å². The Hall–Kier alpha value is -3.65. The number of nitrogens with one attached hydrogen (secondary N) is 1. The van der Waals surface area contributed by atoms with Gasteiger partial charge in [0.2, 0.25) is 5.91 Å². The summed E-state index contributed by atoms with van der Waals surface area (Å²) < 4.78 is 5.97. The van der Waals surface area contributed by atoms with Crippen LogP contribution in [-0.4, -0.2) is 34.3 Å². The number of fused-ring (bicyclic) bond motifs is 2. The molecule has 1 atom stereocenters. The highest BCUT2D eigenvalue weighted by atomic mass is 32.2. The van der Waals surface area contributed by atoms with Gasteiger partial charge in [0.1, 0.15) is 6.54 Å². The summed E-state index contributed by atoms with van der Waals surface area (Å²) in [5.74, 6) is -0.723. The number of benzene rings is 3. The van der Waals surface area contributed by atoms with Gasteiger partial charge in [-0.3, -0.25) is 19.0 Å². The first-order valence-corrected chi connectivity index (χ1v) is 11.4. The Bertz CT molecular complexity index is 1390. The number of ether oxygens (including phenoxy) is 1. The van der Waals surface area contributed by atoms with Crippen molar-refractivity contribution in [1.29, 1.82) is 0 Å². The van der Waals surface area contributed by atoms with Gasteiger partial charge in [-0.05, 0) is 35.4 Å². The molecule has 4 aromatic rings. The van der Waals surface area contributed by atoms with E-state index >= 15 is 0 Å². The summed E-state index contributed by atoms with van der Waals surface area (Å²) >= 11 is 1.11. The third-order valence-electron chi connectivity index (χ3n) is 5.34. The monoisotopic (exact) mass is 461 g/mol. The molecule has 0 bridgehead atoms. The number of carbonyl (C=O) groups excluding carboxylic acids is 2. The van der Waals surface area contributed by atoms with Crippen molar-refractivity contribution in [3.05, 3.63) is 82.6 Å². The van der Waals surface area contributed by atoms with Gasteiger partial charge in [-0.25, -0.2) is 4.98 Å². The van der Waals surface area contributed by atoms with Gasteiger partial charge in [-0.1, -0.05) is 66.4 Å². The molecule has 0 aliphatic carbocycles. The quantitative estimate of drug-likeness (QED) is 0.256. The van der Waals surface area contributed by atoms with Gasteiger partial charge >= 0.3 is 5.97 Å². The highest BCUT2D eigenvalue weighted by molar-refractivity contribution is 7.99. The van der Waals surface area contributed by atoms with Crippen molar-refractivity contribution in [3.63, 3.8) is 0 Å². The molecule has 0 spiro atoms. The topological polar surface area (TPSA) is 90.3 Å². The molecule has 7 nitrogen and oxygen atoms in total. The van der Waals surface area contributed by atoms with Crippen LogP contribution in [0.3, 0.4) is 0 Å². The van der Waals surface area contributed by atoms with E-state index in [1.165, 1.54) is 11.7 Å². The lowest BCUT2D eigenvalue weighted by Crippen LogP contribution is -2.30. The highest BCUT2D eigenvalue weighted by Crippen LogP contribution is 2.24. The zero-order valence-electron chi connectivity index (χ0n) is 18.3. The number of thioether (sulfide) groups is 1. The Labute approximate surface area is 194 Å². The van der Waals surface area contributed by atoms with Crippen LogP contribution in [0.5, 0.6) is 0 Å². The second kappa shape index (κ2) is 9.87. The third-order valence-corrected chi connectivity index (χ3v) is 6.32. The zero-order valence-corrected chi connectivity index (χ0v) is 19.1. The minimum absolute atomic E-state index is 0.0427. The molecule has 0 fully saturated rings. The molecule has 0 unspecified atom stereocenters. The molecule has 3 aromatic carbocycles. The smallest absolute Gasteiger partial charge is 0.325 e. The summed E-state index contributed by atoms with van der Waals surface area (Å²) in [6, 6.07) is 20.7. The predicted octanol–water partition coefficient (Wildman–Crippen LogP) is 3.69. The number of amides is 1. The number of rotatable bonds is 7. The number of hydrogen-bond acceptors (Lipinski definition) is 6. The number of methoxy groups -OCH3 is 1. The van der Waals surface area contributed by atoms with Crippen molar-refractivity contribution in [2.75, 3.05) is 12.9 Å². The fraction of sp³-hybridized carbons (Fsp3) is 0.200. The number of para-hydroxylation sites is 1. The first-order chi connectivity index (χ1) is 16.0. The first kappa shape index (κ1) is 22.5. The minimum Gasteiger partial charge on any atom is -0.468 e. The lowest BCUT2D eigenvalue weighted by atomic mass is 10.00. The van der Waals surface area contributed by atoms with Crippen molar-refractivity contribution < 1.29 is 14.3 Å². The van der Waals surface area contributed by atoms with Crippen LogP contribution < -0.4 is 10.9 Å². The van der Waals surface area contributed by atoms with E-state index in [1.54, 1.807) is 24.3 Å². The van der Waals surface area contributed by atoms with Gasteiger partial charge in [0.15, 0.2) is 5.16 Å². The number of carbonyl (C=O) groups is 2. The van der Waals surface area contributed by atoms with Crippen molar-refractivity contribution >= 4 is 45.3 Å². The first-order valence-electron chi connectivity index (χ1n) is 10.4. The van der Waals surface area contributed by atoms with Crippen LogP contribution in [0.25, 0.3) is 21.7 Å². The summed E-state index contributed by atoms with van der Waals surface area (Å²) in [5, 5.41) is 5.90. The van der Waals surface area contributed by atoms with Crippen LogP contribution in [-0.2, 0) is 20.9 Å². The fourth-order valence-corrected chi connectivity index (χ4v) is 4.52. The molecule has 0 radical (unpaired) electrons. The van der Waals surface area contributed by atoms with Gasteiger partial charge in [0, 0.05) is 0 Å². The predicted molar refractivity (Wildman–Crippen MR) is 129 cm³/mol. The fourth-order valence-electron chi connectivity index (χ4n) is 3.71. The maximum Gasteiger partial charge on any atom is 0.325 e. The molecular formula is C25H23N3O4S. The Balaban J connectivity index is 1.54. The van der Waals surface area contributed by atoms with Gasteiger partial charge in [0.25, 0.3) is 5.56 Å². The Morgan fingerprint density at radius 2 is 1.73 bits per heavy atom. The molecule has 1 aromatic heterocycles. The standard InChI is InChI=1S/C25H23N3O4S/c1-16(18-12-7-9-17-8-3-4-10-19(17)18)26-22(29)15-33-25-27-21-13-6-5-11-20(21)24(31)28(25)14-23(30)32-2/h3-13,16H,14-15H2,1-2H3,(H,26,29)/t16-/m0/s1. The van der Waals surface area contributed by atoms with Gasteiger partial charge in [-0.15, -0.1) is 0 Å². The van der Waals surface area contributed by atoms with Crippen LogP contribution in [0.4, 0.5) is 0 Å². The van der Waals surface area contributed by atoms with Crippen molar-refractivity contribution in [2.24, 2.45) is 0 Å². The maximum atomic E-state index is 12.9. The number of aromatic nitrogens is 2. The Kier molecular flexibility index (Phi) is 6.74. The van der Waals surface area contributed by atoms with Gasteiger partial charge in [0.05, 0.1) is 29.8 Å². The Morgan fingerprint density at radius 1 is 1.03 bits per heavy atom. The molecule has 0 aliphatic rings. The third kappa shape index (κ3) is 4.90. The molecule has 168 valence electrons. The van der Waals surface area contributed by atoms with E-state index in [2.05, 4.69) is 10.3 Å². The number of nitrogens with zero attached hydrogens (tertiary/aromatic N) is 2. The van der Waals surface area contributed by atoms with E-state index in [4.69, 9.17) is 4.74 Å². The Morgan fingerprint density at radius 3 is 2.52 bits per heavy atom. The molecule has 8 heteroatoms. The summed E-state index contributed by atoms with van der Waals surface area (Å²) in [7, 11) is 1.26. The summed E-state index contributed by atoms with van der Waals surface area (Å²) in [5.41, 5.74) is 1.19. The molecule has 1 N–H and O–H groups in total. The SMILES string of the molecule is COC(=O)Cn1c(SCC(=O)N[C@@H](C)c2cccc3ccccc23)nc2ccccc2c1=O. The largest absolute Gasteiger partial charge is 0.468 e. The normalized spacial score (nSPS) is 11.9. The van der Waals surface area contributed by atoms with E-state index in [0.717, 1.165) is 28.1 Å². The molecule has 1 amide bonds. The summed E-state index contributed by atoms with van der Waals surface area (Å²) in [6.07, 6.45) is 0. The van der Waals surface area contributed by atoms with Crippen molar-refractivity contribution in [2.45, 2.75) is 24.7 Å². The van der Waals surface area contributed by atoms with E-state index in [1.807, 2.05) is 49.4 Å². The lowest BCUT2D eigenvalue weighted by molar-refractivity contribution is -0.141. The van der Waals surface area contributed by atoms with E-state index in [-0.39, 0.29) is 35.0 Å². The summed E-state index contributed by atoms with van der Waals surface area (Å²) in [4.78, 5) is 42.1. The molecule has 0 saturated carbocycles. The van der Waals surface area contributed by atoms with Crippen molar-refractivity contribution in [3.8, 4) is 0 Å². The van der Waals surface area contributed by atoms with Crippen LogP contribution in [0.15, 0.2) is 76.7 Å². The van der Waals surface area contributed by atoms with Crippen LogP contribution >= 0.6 is 11.8 Å². The molecule has 4 rings (SSSR count). The minimum atomic E-state index is -0.565. The van der Waals surface area contributed by atoms with Crippen molar-refractivity contribution in [1.82, 2.24) is 14.9 Å². The molecule has 1 heterocycles. The molecule has 0 aliphatic heterocycles. The summed E-state index contributed by atoms with van der Waals surface area (Å²) in [6.45, 7) is 1.66. The average molecular weight is 462 g/mol. The second-order valence-corrected chi connectivity index (χ2v) is 8.47. The van der Waals surface area contributed by atoms with Crippen LogP contribution in [0.2, 0.25) is 0 Å². The average Bonchev–Trinajstić information content (AvgIpc) is 2.84. The molecule has 33 heavy (non-hydrogen) atoms. The highest BCUT2D eigenvalue weighted by Gasteiger charge is 2.17. The number of esters is 1. The molecular weight excluding hydrogens is 438 g/mol. The van der Waals surface area contributed by atoms with Gasteiger partial charge < -0.3 is 10.1 Å². The van der Waals surface area contributed by atoms with E-state index < -0.39 is 5.97 Å².